The second kappa shape index (κ2) is 7.51. The highest BCUT2D eigenvalue weighted by Gasteiger charge is 2.29. The smallest absolute Gasteiger partial charge is 0.244 e. The summed E-state index contributed by atoms with van der Waals surface area (Å²) in [5, 5.41) is 9.16. The molecule has 7 heteroatoms. The number of ether oxygens (including phenoxy) is 1. The summed E-state index contributed by atoms with van der Waals surface area (Å²) in [6.45, 7) is 4.06. The molecule has 1 rings (SSSR count). The molecule has 0 bridgehead atoms. The Balaban J connectivity index is 3.26. The van der Waals surface area contributed by atoms with Crippen LogP contribution >= 0.6 is 15.9 Å². The van der Waals surface area contributed by atoms with Crippen LogP contribution in [0, 0.1) is 0 Å². The van der Waals surface area contributed by atoms with Gasteiger partial charge in [-0.1, -0.05) is 13.0 Å². The van der Waals surface area contributed by atoms with Crippen LogP contribution in [-0.4, -0.2) is 44.1 Å². The molecule has 5 nitrogen and oxygen atoms in total. The van der Waals surface area contributed by atoms with E-state index in [4.69, 9.17) is 9.84 Å². The molecule has 1 aromatic carbocycles. The van der Waals surface area contributed by atoms with Crippen LogP contribution in [0.3, 0.4) is 0 Å². The van der Waals surface area contributed by atoms with Gasteiger partial charge in [-0.15, -0.1) is 0 Å². The molecule has 0 saturated heterocycles. The Morgan fingerprint density at radius 3 is 2.60 bits per heavy atom. The molecular formula is C13H20BrNO4S. The Bertz CT molecular complexity index is 547. The summed E-state index contributed by atoms with van der Waals surface area (Å²) >= 11 is 3.26. The minimum absolute atomic E-state index is 0.161. The van der Waals surface area contributed by atoms with Crippen LogP contribution in [0.5, 0.6) is 0 Å². The lowest BCUT2D eigenvalue weighted by molar-refractivity contribution is 0.142. The van der Waals surface area contributed by atoms with Crippen LogP contribution in [-0.2, 0) is 21.4 Å². The van der Waals surface area contributed by atoms with Crippen molar-refractivity contribution in [1.82, 2.24) is 4.31 Å². The largest absolute Gasteiger partial charge is 0.392 e. The van der Waals surface area contributed by atoms with E-state index >= 15 is 0 Å². The molecule has 1 unspecified atom stereocenters. The second-order valence-electron chi connectivity index (χ2n) is 4.44. The van der Waals surface area contributed by atoms with Crippen molar-refractivity contribution >= 4 is 26.0 Å². The van der Waals surface area contributed by atoms with Gasteiger partial charge in [-0.2, -0.15) is 4.31 Å². The molecule has 1 N–H and O–H groups in total. The zero-order valence-corrected chi connectivity index (χ0v) is 14.2. The van der Waals surface area contributed by atoms with Crippen LogP contribution in [0.25, 0.3) is 0 Å². The maximum atomic E-state index is 12.7. The molecule has 0 aliphatic heterocycles. The average molecular weight is 366 g/mol. The van der Waals surface area contributed by atoms with Gasteiger partial charge in [0.05, 0.1) is 18.1 Å². The van der Waals surface area contributed by atoms with Crippen molar-refractivity contribution in [1.29, 1.82) is 0 Å². The standard InChI is InChI=1S/C13H20BrNO4S/c1-4-15(10(2)9-19-3)20(17,18)13-7-11(8-16)5-6-12(13)14/h5-7,10,16H,4,8-9H2,1-3H3. The molecule has 1 atom stereocenters. The summed E-state index contributed by atoms with van der Waals surface area (Å²) in [5.41, 5.74) is 0.558. The van der Waals surface area contributed by atoms with Gasteiger partial charge in [-0.05, 0) is 40.5 Å². The number of hydrogen-bond acceptors (Lipinski definition) is 4. The number of likely N-dealkylation sites (N-methyl/N-ethyl adjacent to an activating group) is 1. The van der Waals surface area contributed by atoms with Crippen molar-refractivity contribution in [3.05, 3.63) is 28.2 Å². The molecule has 114 valence electrons. The van der Waals surface area contributed by atoms with Crippen molar-refractivity contribution in [3.63, 3.8) is 0 Å². The predicted octanol–water partition coefficient (Wildman–Crippen LogP) is 1.99. The molecule has 0 amide bonds. The molecule has 0 spiro atoms. The molecule has 0 radical (unpaired) electrons. The maximum absolute atomic E-state index is 12.7. The third-order valence-corrected chi connectivity index (χ3v) is 6.06. The first-order valence-corrected chi connectivity index (χ1v) is 8.51. The van der Waals surface area contributed by atoms with Gasteiger partial charge < -0.3 is 9.84 Å². The Kier molecular flexibility index (Phi) is 6.60. The molecule has 0 saturated carbocycles. The lowest BCUT2D eigenvalue weighted by Gasteiger charge is -2.27. The van der Waals surface area contributed by atoms with Gasteiger partial charge in [0, 0.05) is 24.2 Å². The topological polar surface area (TPSA) is 66.8 Å². The molecule has 0 fully saturated rings. The minimum atomic E-state index is -3.64. The number of hydrogen-bond donors (Lipinski definition) is 1. The normalized spacial score (nSPS) is 13.7. The fraction of sp³-hybridized carbons (Fsp3) is 0.538. The first-order valence-electron chi connectivity index (χ1n) is 6.28. The van der Waals surface area contributed by atoms with Crippen LogP contribution in [0.2, 0.25) is 0 Å². The van der Waals surface area contributed by atoms with E-state index in [9.17, 15) is 8.42 Å². The first kappa shape index (κ1) is 17.6. The SMILES string of the molecule is CCN(C(C)COC)S(=O)(=O)c1cc(CO)ccc1Br. The summed E-state index contributed by atoms with van der Waals surface area (Å²) in [7, 11) is -2.10. The maximum Gasteiger partial charge on any atom is 0.244 e. The van der Waals surface area contributed by atoms with E-state index in [1.165, 1.54) is 10.4 Å². The highest BCUT2D eigenvalue weighted by Crippen LogP contribution is 2.27. The quantitative estimate of drug-likeness (QED) is 0.802. The fourth-order valence-electron chi connectivity index (χ4n) is 2.01. The van der Waals surface area contributed by atoms with Crippen molar-refractivity contribution in [2.75, 3.05) is 20.3 Å². The van der Waals surface area contributed by atoms with E-state index in [1.807, 2.05) is 0 Å². The summed E-state index contributed by atoms with van der Waals surface area (Å²) < 4.78 is 32.4. The summed E-state index contributed by atoms with van der Waals surface area (Å²) in [6, 6.07) is 4.53. The molecule has 0 aliphatic rings. The predicted molar refractivity (Wildman–Crippen MR) is 81.0 cm³/mol. The van der Waals surface area contributed by atoms with Crippen molar-refractivity contribution in [2.45, 2.75) is 31.4 Å². The number of nitrogens with zero attached hydrogens (tertiary/aromatic N) is 1. The third-order valence-electron chi connectivity index (χ3n) is 2.98. The molecule has 1 aromatic rings. The van der Waals surface area contributed by atoms with Gasteiger partial charge in [0.1, 0.15) is 0 Å². The minimum Gasteiger partial charge on any atom is -0.392 e. The Labute approximate surface area is 128 Å². The molecule has 0 aromatic heterocycles. The molecule has 0 heterocycles. The van der Waals surface area contributed by atoms with Crippen molar-refractivity contribution < 1.29 is 18.3 Å². The van der Waals surface area contributed by atoms with E-state index in [-0.39, 0.29) is 17.5 Å². The number of sulfonamides is 1. The fourth-order valence-corrected chi connectivity index (χ4v) is 4.62. The Morgan fingerprint density at radius 2 is 2.10 bits per heavy atom. The summed E-state index contributed by atoms with van der Waals surface area (Å²) in [4.78, 5) is 0.161. The molecule has 20 heavy (non-hydrogen) atoms. The van der Waals surface area contributed by atoms with Crippen molar-refractivity contribution in [2.24, 2.45) is 0 Å². The first-order chi connectivity index (χ1) is 9.38. The number of methoxy groups -OCH3 is 1. The van der Waals surface area contributed by atoms with Gasteiger partial charge >= 0.3 is 0 Å². The molecule has 0 aliphatic carbocycles. The monoisotopic (exact) mass is 365 g/mol. The lowest BCUT2D eigenvalue weighted by atomic mass is 10.2. The number of halogens is 1. The van der Waals surface area contributed by atoms with E-state index in [0.29, 0.717) is 23.2 Å². The average Bonchev–Trinajstić information content (AvgIpc) is 2.39. The highest BCUT2D eigenvalue weighted by molar-refractivity contribution is 9.10. The van der Waals surface area contributed by atoms with Crippen LogP contribution in [0.15, 0.2) is 27.6 Å². The zero-order valence-electron chi connectivity index (χ0n) is 11.8. The van der Waals surface area contributed by atoms with Crippen LogP contribution in [0.4, 0.5) is 0 Å². The van der Waals surface area contributed by atoms with E-state index in [2.05, 4.69) is 15.9 Å². The third kappa shape index (κ3) is 3.79. The van der Waals surface area contributed by atoms with E-state index < -0.39 is 10.0 Å². The number of aliphatic hydroxyl groups is 1. The molecular weight excluding hydrogens is 346 g/mol. The van der Waals surface area contributed by atoms with E-state index in [0.717, 1.165) is 0 Å². The van der Waals surface area contributed by atoms with Crippen LogP contribution in [0.1, 0.15) is 19.4 Å². The Morgan fingerprint density at radius 1 is 1.45 bits per heavy atom. The van der Waals surface area contributed by atoms with Crippen LogP contribution < -0.4 is 0 Å². The highest BCUT2D eigenvalue weighted by atomic mass is 79.9. The number of aliphatic hydroxyl groups excluding tert-OH is 1. The van der Waals surface area contributed by atoms with Gasteiger partial charge in [0.15, 0.2) is 0 Å². The van der Waals surface area contributed by atoms with E-state index in [1.54, 1.807) is 33.1 Å². The number of benzene rings is 1. The van der Waals surface area contributed by atoms with Gasteiger partial charge in [0.25, 0.3) is 0 Å². The van der Waals surface area contributed by atoms with Gasteiger partial charge in [-0.3, -0.25) is 0 Å². The lowest BCUT2D eigenvalue weighted by Crippen LogP contribution is -2.41. The number of rotatable bonds is 7. The second-order valence-corrected chi connectivity index (χ2v) is 7.15. The van der Waals surface area contributed by atoms with Gasteiger partial charge in [0.2, 0.25) is 10.0 Å². The summed E-state index contributed by atoms with van der Waals surface area (Å²) in [5.74, 6) is 0. The Hall–Kier alpha value is -0.470. The zero-order chi connectivity index (χ0) is 15.3. The van der Waals surface area contributed by atoms with Crippen molar-refractivity contribution in [3.8, 4) is 0 Å². The summed E-state index contributed by atoms with van der Waals surface area (Å²) in [6.07, 6.45) is 0. The van der Waals surface area contributed by atoms with Gasteiger partial charge in [-0.25, -0.2) is 8.42 Å².